The molecule has 0 saturated heterocycles. The minimum atomic E-state index is -0.447. The normalized spacial score (nSPS) is 10.3. The summed E-state index contributed by atoms with van der Waals surface area (Å²) in [5, 5.41) is 2.76. The molecule has 0 bridgehead atoms. The fourth-order valence-corrected chi connectivity index (χ4v) is 2.75. The lowest BCUT2D eigenvalue weighted by atomic mass is 10.2. The van der Waals surface area contributed by atoms with Crippen LogP contribution in [0.25, 0.3) is 0 Å². The Morgan fingerprint density at radius 3 is 2.39 bits per heavy atom. The standard InChI is InChI=1S/C23H24N2O6/c1-4-29-23(27)25(2)17-11-9-16(10-12-17)24-22(26)21-14-13-18(31-21)15-30-20-8-6-5-7-19(20)28-3/h5-14H,4,15H2,1-3H3,(H,24,26). The number of hydrogen-bond donors (Lipinski definition) is 1. The van der Waals surface area contributed by atoms with E-state index in [0.29, 0.717) is 35.2 Å². The molecule has 0 aliphatic rings. The highest BCUT2D eigenvalue weighted by Gasteiger charge is 2.14. The number of hydrogen-bond acceptors (Lipinski definition) is 6. The summed E-state index contributed by atoms with van der Waals surface area (Å²) in [7, 11) is 3.18. The molecule has 0 unspecified atom stereocenters. The number of amides is 2. The van der Waals surface area contributed by atoms with Gasteiger partial charge in [-0.3, -0.25) is 9.69 Å². The van der Waals surface area contributed by atoms with Crippen molar-refractivity contribution in [3.8, 4) is 11.5 Å². The van der Waals surface area contributed by atoms with Crippen LogP contribution in [0.1, 0.15) is 23.2 Å². The average molecular weight is 424 g/mol. The van der Waals surface area contributed by atoms with Crippen LogP contribution < -0.4 is 19.7 Å². The first-order valence-electron chi connectivity index (χ1n) is 9.68. The van der Waals surface area contributed by atoms with Crippen molar-refractivity contribution in [3.05, 3.63) is 72.2 Å². The van der Waals surface area contributed by atoms with Crippen LogP contribution in [0.4, 0.5) is 16.2 Å². The number of para-hydroxylation sites is 2. The summed E-state index contributed by atoms with van der Waals surface area (Å²) in [6, 6.07) is 17.3. The smallest absolute Gasteiger partial charge is 0.413 e. The molecular weight excluding hydrogens is 400 g/mol. The third kappa shape index (κ3) is 5.57. The molecule has 3 aromatic rings. The fourth-order valence-electron chi connectivity index (χ4n) is 2.75. The maximum Gasteiger partial charge on any atom is 0.413 e. The molecule has 1 heterocycles. The molecule has 8 nitrogen and oxygen atoms in total. The van der Waals surface area contributed by atoms with Crippen LogP contribution in [-0.2, 0) is 11.3 Å². The summed E-state index contributed by atoms with van der Waals surface area (Å²) in [6.07, 6.45) is -0.447. The van der Waals surface area contributed by atoms with Gasteiger partial charge in [0.05, 0.1) is 13.7 Å². The van der Waals surface area contributed by atoms with Gasteiger partial charge in [0.1, 0.15) is 12.4 Å². The zero-order valence-electron chi connectivity index (χ0n) is 17.6. The zero-order chi connectivity index (χ0) is 22.2. The second-order valence-electron chi connectivity index (χ2n) is 6.46. The third-order valence-corrected chi connectivity index (χ3v) is 4.38. The Bertz CT molecular complexity index is 1030. The SMILES string of the molecule is CCOC(=O)N(C)c1ccc(NC(=O)c2ccc(COc3ccccc3OC)o2)cc1. The average Bonchev–Trinajstić information content (AvgIpc) is 3.27. The van der Waals surface area contributed by atoms with Crippen LogP contribution in [0.3, 0.4) is 0 Å². The van der Waals surface area contributed by atoms with E-state index in [2.05, 4.69) is 5.32 Å². The number of ether oxygens (including phenoxy) is 3. The van der Waals surface area contributed by atoms with Gasteiger partial charge in [-0.2, -0.15) is 0 Å². The fraction of sp³-hybridized carbons (Fsp3) is 0.217. The van der Waals surface area contributed by atoms with E-state index in [0.717, 1.165) is 0 Å². The summed E-state index contributed by atoms with van der Waals surface area (Å²) in [4.78, 5) is 25.6. The lowest BCUT2D eigenvalue weighted by Gasteiger charge is -2.16. The quantitative estimate of drug-likeness (QED) is 0.563. The molecule has 0 saturated carbocycles. The highest BCUT2D eigenvalue weighted by molar-refractivity contribution is 6.02. The molecule has 0 radical (unpaired) electrons. The van der Waals surface area contributed by atoms with Crippen molar-refractivity contribution in [3.63, 3.8) is 0 Å². The van der Waals surface area contributed by atoms with E-state index in [9.17, 15) is 9.59 Å². The Hall–Kier alpha value is -3.94. The van der Waals surface area contributed by atoms with Crippen molar-refractivity contribution in [1.29, 1.82) is 0 Å². The van der Waals surface area contributed by atoms with Gasteiger partial charge in [-0.05, 0) is 55.5 Å². The largest absolute Gasteiger partial charge is 0.493 e. The summed E-state index contributed by atoms with van der Waals surface area (Å²) < 4.78 is 21.5. The molecule has 31 heavy (non-hydrogen) atoms. The summed E-state index contributed by atoms with van der Waals surface area (Å²) in [5.41, 5.74) is 1.21. The van der Waals surface area contributed by atoms with Crippen LogP contribution >= 0.6 is 0 Å². The molecule has 0 aliphatic carbocycles. The van der Waals surface area contributed by atoms with Gasteiger partial charge >= 0.3 is 6.09 Å². The number of furan rings is 1. The molecule has 2 amide bonds. The number of benzene rings is 2. The third-order valence-electron chi connectivity index (χ3n) is 4.38. The van der Waals surface area contributed by atoms with Crippen molar-refractivity contribution < 1.29 is 28.2 Å². The van der Waals surface area contributed by atoms with E-state index in [1.54, 1.807) is 69.6 Å². The zero-order valence-corrected chi connectivity index (χ0v) is 17.6. The second-order valence-corrected chi connectivity index (χ2v) is 6.46. The van der Waals surface area contributed by atoms with Crippen molar-refractivity contribution >= 4 is 23.4 Å². The number of nitrogens with zero attached hydrogens (tertiary/aromatic N) is 1. The number of anilines is 2. The molecule has 3 rings (SSSR count). The Morgan fingerprint density at radius 1 is 1.00 bits per heavy atom. The first-order valence-corrected chi connectivity index (χ1v) is 9.68. The van der Waals surface area contributed by atoms with Gasteiger partial charge in [0.25, 0.3) is 5.91 Å². The predicted molar refractivity (Wildman–Crippen MR) is 116 cm³/mol. The van der Waals surface area contributed by atoms with E-state index in [1.165, 1.54) is 4.90 Å². The number of nitrogens with one attached hydrogen (secondary N) is 1. The van der Waals surface area contributed by atoms with Crippen molar-refractivity contribution in [2.45, 2.75) is 13.5 Å². The summed E-state index contributed by atoms with van der Waals surface area (Å²) in [5.74, 6) is 1.47. The van der Waals surface area contributed by atoms with Gasteiger partial charge in [-0.1, -0.05) is 12.1 Å². The molecule has 0 atom stereocenters. The van der Waals surface area contributed by atoms with Crippen LogP contribution in [0.2, 0.25) is 0 Å². The highest BCUT2D eigenvalue weighted by Crippen LogP contribution is 2.27. The maximum atomic E-state index is 12.5. The highest BCUT2D eigenvalue weighted by atomic mass is 16.6. The van der Waals surface area contributed by atoms with Crippen LogP contribution in [-0.4, -0.2) is 32.8 Å². The van der Waals surface area contributed by atoms with E-state index in [4.69, 9.17) is 18.6 Å². The minimum absolute atomic E-state index is 0.155. The van der Waals surface area contributed by atoms with Gasteiger partial charge < -0.3 is 23.9 Å². The molecule has 0 spiro atoms. The second kappa shape index (κ2) is 10.2. The van der Waals surface area contributed by atoms with Crippen molar-refractivity contribution in [1.82, 2.24) is 0 Å². The first-order chi connectivity index (χ1) is 15.0. The summed E-state index contributed by atoms with van der Waals surface area (Å²) in [6.45, 7) is 2.20. The Morgan fingerprint density at radius 2 is 1.71 bits per heavy atom. The number of methoxy groups -OCH3 is 1. The number of carbonyl (C=O) groups is 2. The van der Waals surface area contributed by atoms with Gasteiger partial charge in [0.2, 0.25) is 0 Å². The van der Waals surface area contributed by atoms with Crippen LogP contribution in [0.5, 0.6) is 11.5 Å². The Balaban J connectivity index is 1.58. The van der Waals surface area contributed by atoms with Gasteiger partial charge in [-0.15, -0.1) is 0 Å². The van der Waals surface area contributed by atoms with E-state index < -0.39 is 12.0 Å². The van der Waals surface area contributed by atoms with E-state index >= 15 is 0 Å². The summed E-state index contributed by atoms with van der Waals surface area (Å²) >= 11 is 0. The lowest BCUT2D eigenvalue weighted by Crippen LogP contribution is -2.26. The van der Waals surface area contributed by atoms with Crippen LogP contribution in [0, 0.1) is 0 Å². The minimum Gasteiger partial charge on any atom is -0.493 e. The molecule has 2 aromatic carbocycles. The molecule has 8 heteroatoms. The monoisotopic (exact) mass is 424 g/mol. The number of rotatable bonds is 8. The molecule has 162 valence electrons. The van der Waals surface area contributed by atoms with Crippen molar-refractivity contribution in [2.24, 2.45) is 0 Å². The van der Waals surface area contributed by atoms with Gasteiger partial charge in [0.15, 0.2) is 17.3 Å². The van der Waals surface area contributed by atoms with E-state index in [-0.39, 0.29) is 12.4 Å². The van der Waals surface area contributed by atoms with E-state index in [1.807, 2.05) is 12.1 Å². The first kappa shape index (κ1) is 21.8. The molecule has 1 N–H and O–H groups in total. The Kier molecular flexibility index (Phi) is 7.16. The van der Waals surface area contributed by atoms with Gasteiger partial charge in [0, 0.05) is 18.4 Å². The molecule has 0 aliphatic heterocycles. The van der Waals surface area contributed by atoms with Gasteiger partial charge in [-0.25, -0.2) is 4.79 Å². The Labute approximate surface area is 180 Å². The topological polar surface area (TPSA) is 90.2 Å². The predicted octanol–water partition coefficient (Wildman–Crippen LogP) is 4.71. The molecule has 0 fully saturated rings. The van der Waals surface area contributed by atoms with Crippen LogP contribution in [0.15, 0.2) is 65.1 Å². The van der Waals surface area contributed by atoms with Crippen molar-refractivity contribution in [2.75, 3.05) is 31.0 Å². The molecular formula is C23H24N2O6. The molecule has 1 aromatic heterocycles. The maximum absolute atomic E-state index is 12.5. The lowest BCUT2D eigenvalue weighted by molar-refractivity contribution is 0.0992. The number of carbonyl (C=O) groups excluding carboxylic acids is 2.